The molecule has 0 heterocycles. The molecule has 0 bridgehead atoms. The van der Waals surface area contributed by atoms with E-state index in [2.05, 4.69) is 45.3 Å². The van der Waals surface area contributed by atoms with Crippen molar-refractivity contribution >= 4 is 5.91 Å². The summed E-state index contributed by atoms with van der Waals surface area (Å²) in [7, 11) is 0. The maximum Gasteiger partial charge on any atom is 0.236 e. The molecule has 2 N–H and O–H groups in total. The number of hydrogen-bond acceptors (Lipinski definition) is 2. The average Bonchev–Trinajstić information content (AvgIpc) is 2.24. The van der Waals surface area contributed by atoms with Gasteiger partial charge in [-0.3, -0.25) is 4.79 Å². The second-order valence-corrected chi connectivity index (χ2v) is 5.57. The van der Waals surface area contributed by atoms with E-state index in [1.807, 2.05) is 6.92 Å². The largest absolute Gasteiger partial charge is 0.355 e. The number of carbonyl (C=O) groups is 1. The summed E-state index contributed by atoms with van der Waals surface area (Å²) in [5.41, 5.74) is 0. The van der Waals surface area contributed by atoms with Crippen molar-refractivity contribution in [3.8, 4) is 0 Å². The molecule has 0 aromatic carbocycles. The Morgan fingerprint density at radius 2 is 1.59 bits per heavy atom. The average molecular weight is 242 g/mol. The van der Waals surface area contributed by atoms with Gasteiger partial charge in [0.05, 0.1) is 6.04 Å². The van der Waals surface area contributed by atoms with E-state index in [0.717, 1.165) is 19.5 Å². The number of carbonyl (C=O) groups excluding carboxylic acids is 1. The fourth-order valence-corrected chi connectivity index (χ4v) is 2.05. The van der Waals surface area contributed by atoms with Gasteiger partial charge in [-0.05, 0) is 37.6 Å². The number of hydrogen-bond donors (Lipinski definition) is 2. The Morgan fingerprint density at radius 1 is 1.06 bits per heavy atom. The molecule has 0 aromatic heterocycles. The molecule has 17 heavy (non-hydrogen) atoms. The van der Waals surface area contributed by atoms with Gasteiger partial charge in [-0.15, -0.1) is 0 Å². The van der Waals surface area contributed by atoms with Crippen LogP contribution in [0.3, 0.4) is 0 Å². The molecule has 3 nitrogen and oxygen atoms in total. The van der Waals surface area contributed by atoms with Crippen molar-refractivity contribution in [2.24, 2.45) is 17.8 Å². The summed E-state index contributed by atoms with van der Waals surface area (Å²) in [5.74, 6) is 2.02. The van der Waals surface area contributed by atoms with Crippen LogP contribution in [-0.4, -0.2) is 25.0 Å². The number of rotatable bonds is 8. The summed E-state index contributed by atoms with van der Waals surface area (Å²) in [5, 5.41) is 6.25. The lowest BCUT2D eigenvalue weighted by atomic mass is 9.85. The minimum absolute atomic E-state index is 0.0958. The second-order valence-electron chi connectivity index (χ2n) is 5.57. The van der Waals surface area contributed by atoms with Gasteiger partial charge in [-0.25, -0.2) is 0 Å². The van der Waals surface area contributed by atoms with Gasteiger partial charge in [0, 0.05) is 6.54 Å². The van der Waals surface area contributed by atoms with Gasteiger partial charge >= 0.3 is 0 Å². The lowest BCUT2D eigenvalue weighted by Gasteiger charge is -2.26. The molecule has 1 amide bonds. The van der Waals surface area contributed by atoms with E-state index in [1.54, 1.807) is 0 Å². The van der Waals surface area contributed by atoms with Crippen LogP contribution >= 0.6 is 0 Å². The first kappa shape index (κ1) is 16.4. The molecule has 0 spiro atoms. The summed E-state index contributed by atoms with van der Waals surface area (Å²) in [6.07, 6.45) is 0.985. The van der Waals surface area contributed by atoms with E-state index < -0.39 is 0 Å². The molecule has 0 aliphatic heterocycles. The zero-order valence-electron chi connectivity index (χ0n) is 12.3. The van der Waals surface area contributed by atoms with Crippen LogP contribution in [0.15, 0.2) is 0 Å². The van der Waals surface area contributed by atoms with Crippen LogP contribution in [-0.2, 0) is 4.79 Å². The van der Waals surface area contributed by atoms with Gasteiger partial charge in [-0.2, -0.15) is 0 Å². The van der Waals surface area contributed by atoms with E-state index in [-0.39, 0.29) is 11.9 Å². The summed E-state index contributed by atoms with van der Waals surface area (Å²) in [6.45, 7) is 14.7. The Bertz CT molecular complexity index is 206. The fraction of sp³-hybridized carbons (Fsp3) is 0.929. The van der Waals surface area contributed by atoms with E-state index in [4.69, 9.17) is 0 Å². The highest BCUT2D eigenvalue weighted by atomic mass is 16.2. The van der Waals surface area contributed by atoms with Gasteiger partial charge in [0.2, 0.25) is 5.91 Å². The third-order valence-corrected chi connectivity index (χ3v) is 3.31. The first-order valence-corrected chi connectivity index (χ1v) is 6.91. The van der Waals surface area contributed by atoms with Crippen LogP contribution in [0.1, 0.15) is 48.0 Å². The summed E-state index contributed by atoms with van der Waals surface area (Å²) >= 11 is 0. The van der Waals surface area contributed by atoms with Crippen molar-refractivity contribution in [3.63, 3.8) is 0 Å². The molecule has 0 saturated heterocycles. The summed E-state index contributed by atoms with van der Waals surface area (Å²) < 4.78 is 0. The minimum atomic E-state index is -0.0958. The van der Waals surface area contributed by atoms with Crippen molar-refractivity contribution in [1.29, 1.82) is 0 Å². The quantitative estimate of drug-likeness (QED) is 0.686. The van der Waals surface area contributed by atoms with E-state index >= 15 is 0 Å². The first-order valence-electron chi connectivity index (χ1n) is 6.91. The van der Waals surface area contributed by atoms with Crippen LogP contribution in [0.5, 0.6) is 0 Å². The smallest absolute Gasteiger partial charge is 0.236 e. The lowest BCUT2D eigenvalue weighted by Crippen LogP contribution is -2.45. The topological polar surface area (TPSA) is 41.1 Å². The van der Waals surface area contributed by atoms with Crippen LogP contribution in [0, 0.1) is 17.8 Å². The number of nitrogens with one attached hydrogen (secondary N) is 2. The van der Waals surface area contributed by atoms with E-state index in [1.165, 1.54) is 0 Å². The van der Waals surface area contributed by atoms with Gasteiger partial charge in [0.25, 0.3) is 0 Å². The van der Waals surface area contributed by atoms with E-state index in [9.17, 15) is 4.79 Å². The normalized spacial score (nSPS) is 13.5. The molecular weight excluding hydrogens is 212 g/mol. The van der Waals surface area contributed by atoms with Crippen molar-refractivity contribution in [2.75, 3.05) is 13.1 Å². The third-order valence-electron chi connectivity index (χ3n) is 3.31. The molecule has 0 radical (unpaired) electrons. The Kier molecular flexibility index (Phi) is 8.23. The Morgan fingerprint density at radius 3 is 2.00 bits per heavy atom. The van der Waals surface area contributed by atoms with Crippen molar-refractivity contribution < 1.29 is 4.79 Å². The monoisotopic (exact) mass is 242 g/mol. The first-order chi connectivity index (χ1) is 7.90. The molecule has 3 heteroatoms. The van der Waals surface area contributed by atoms with Gasteiger partial charge in [0.15, 0.2) is 0 Å². The standard InChI is InChI=1S/C14H30N2O/c1-7-8-15-14(17)12(6)16-9-13(10(2)3)11(4)5/h10-13,16H,7-9H2,1-6H3,(H,15,17). The SMILES string of the molecule is CCCNC(=O)C(C)NCC(C(C)C)C(C)C. The Balaban J connectivity index is 4.03. The zero-order valence-corrected chi connectivity index (χ0v) is 12.3. The summed E-state index contributed by atoms with van der Waals surface area (Å²) in [4.78, 5) is 11.7. The highest BCUT2D eigenvalue weighted by Crippen LogP contribution is 2.19. The predicted molar refractivity (Wildman–Crippen MR) is 73.9 cm³/mol. The van der Waals surface area contributed by atoms with Crippen LogP contribution < -0.4 is 10.6 Å². The minimum Gasteiger partial charge on any atom is -0.355 e. The zero-order chi connectivity index (χ0) is 13.4. The highest BCUT2D eigenvalue weighted by molar-refractivity contribution is 5.81. The lowest BCUT2D eigenvalue weighted by molar-refractivity contribution is -0.122. The fourth-order valence-electron chi connectivity index (χ4n) is 2.05. The molecule has 0 fully saturated rings. The molecular formula is C14H30N2O. The third kappa shape index (κ3) is 6.67. The van der Waals surface area contributed by atoms with Gasteiger partial charge in [-0.1, -0.05) is 34.6 Å². The van der Waals surface area contributed by atoms with Crippen LogP contribution in [0.4, 0.5) is 0 Å². The molecule has 102 valence electrons. The van der Waals surface area contributed by atoms with Crippen molar-refractivity contribution in [3.05, 3.63) is 0 Å². The molecule has 0 aliphatic carbocycles. The van der Waals surface area contributed by atoms with E-state index in [0.29, 0.717) is 17.8 Å². The summed E-state index contributed by atoms with van der Waals surface area (Å²) in [6, 6.07) is -0.0958. The molecule has 1 atom stereocenters. The molecule has 0 aromatic rings. The Labute approximate surface area is 107 Å². The number of amides is 1. The predicted octanol–water partition coefficient (Wildman–Crippen LogP) is 2.42. The maximum atomic E-state index is 11.7. The van der Waals surface area contributed by atoms with Crippen LogP contribution in [0.2, 0.25) is 0 Å². The molecule has 0 aliphatic rings. The molecule has 0 saturated carbocycles. The Hall–Kier alpha value is -0.570. The van der Waals surface area contributed by atoms with Gasteiger partial charge < -0.3 is 10.6 Å². The molecule has 1 unspecified atom stereocenters. The van der Waals surface area contributed by atoms with Gasteiger partial charge in [0.1, 0.15) is 0 Å². The van der Waals surface area contributed by atoms with Crippen molar-refractivity contribution in [1.82, 2.24) is 10.6 Å². The van der Waals surface area contributed by atoms with Crippen LogP contribution in [0.25, 0.3) is 0 Å². The second kappa shape index (κ2) is 8.51. The molecule has 0 rings (SSSR count). The van der Waals surface area contributed by atoms with Crippen molar-refractivity contribution in [2.45, 2.75) is 54.0 Å². The maximum absolute atomic E-state index is 11.7. The highest BCUT2D eigenvalue weighted by Gasteiger charge is 2.19.